The number of aromatic amines is 1. The Labute approximate surface area is 199 Å². The molecule has 8 heteroatoms. The van der Waals surface area contributed by atoms with Crippen LogP contribution in [0.3, 0.4) is 0 Å². The van der Waals surface area contributed by atoms with Crippen molar-refractivity contribution in [1.82, 2.24) is 19.7 Å². The van der Waals surface area contributed by atoms with Crippen LogP contribution in [-0.4, -0.2) is 59.0 Å². The van der Waals surface area contributed by atoms with E-state index >= 15 is 0 Å². The molecule has 1 fully saturated rings. The molecule has 4 rings (SSSR count). The molecule has 0 amide bonds. The van der Waals surface area contributed by atoms with Crippen molar-refractivity contribution in [2.45, 2.75) is 32.2 Å². The smallest absolute Gasteiger partial charge is 0.343 e. The van der Waals surface area contributed by atoms with E-state index in [1.54, 1.807) is 4.57 Å². The van der Waals surface area contributed by atoms with E-state index in [0.29, 0.717) is 13.2 Å². The first-order chi connectivity index (χ1) is 16.2. The largest absolute Gasteiger partial charge is 0.492 e. The summed E-state index contributed by atoms with van der Waals surface area (Å²) in [7, 11) is 0. The van der Waals surface area contributed by atoms with Crippen LogP contribution >= 0.6 is 11.6 Å². The van der Waals surface area contributed by atoms with Gasteiger partial charge in [-0.1, -0.05) is 42.3 Å². The maximum atomic E-state index is 12.1. The van der Waals surface area contributed by atoms with E-state index < -0.39 is 0 Å². The van der Waals surface area contributed by atoms with Gasteiger partial charge in [0, 0.05) is 43.3 Å². The molecule has 0 saturated carbocycles. The van der Waals surface area contributed by atoms with Crippen LogP contribution in [0.15, 0.2) is 59.4 Å². The van der Waals surface area contributed by atoms with Gasteiger partial charge in [0.05, 0.1) is 6.54 Å². The van der Waals surface area contributed by atoms with E-state index in [1.165, 1.54) is 5.69 Å². The van der Waals surface area contributed by atoms with E-state index in [1.807, 2.05) is 48.5 Å². The second kappa shape index (κ2) is 11.9. The molecule has 2 aromatic carbocycles. The van der Waals surface area contributed by atoms with Gasteiger partial charge in [0.15, 0.2) is 0 Å². The Morgan fingerprint density at radius 2 is 1.76 bits per heavy atom. The molecule has 0 bridgehead atoms. The molecule has 33 heavy (non-hydrogen) atoms. The summed E-state index contributed by atoms with van der Waals surface area (Å²) in [5, 5.41) is 7.59. The number of halogens is 1. The first-order valence-corrected chi connectivity index (χ1v) is 12.1. The number of nitrogens with one attached hydrogen (secondary N) is 1. The van der Waals surface area contributed by atoms with Crippen molar-refractivity contribution < 1.29 is 4.74 Å². The highest BCUT2D eigenvalue weighted by Crippen LogP contribution is 2.21. The molecule has 7 nitrogen and oxygen atoms in total. The molecular weight excluding hydrogens is 438 g/mol. The fraction of sp³-hybridized carbons (Fsp3) is 0.440. The molecular formula is C25H32ClN5O2. The van der Waals surface area contributed by atoms with E-state index in [9.17, 15) is 4.79 Å². The lowest BCUT2D eigenvalue weighted by Crippen LogP contribution is -2.46. The highest BCUT2D eigenvalue weighted by Gasteiger charge is 2.17. The lowest BCUT2D eigenvalue weighted by atomic mass is 10.1. The third kappa shape index (κ3) is 6.85. The topological polar surface area (TPSA) is 66.4 Å². The molecule has 3 aromatic rings. The summed E-state index contributed by atoms with van der Waals surface area (Å²) in [6, 6.07) is 17.7. The average Bonchev–Trinajstić information content (AvgIpc) is 3.19. The van der Waals surface area contributed by atoms with E-state index in [4.69, 9.17) is 16.3 Å². The minimum atomic E-state index is -0.167. The third-order valence-electron chi connectivity index (χ3n) is 6.08. The number of rotatable bonds is 11. The molecule has 1 saturated heterocycles. The molecule has 0 radical (unpaired) electrons. The number of aryl methyl sites for hydroxylation is 1. The minimum Gasteiger partial charge on any atom is -0.492 e. The van der Waals surface area contributed by atoms with Crippen molar-refractivity contribution >= 4 is 17.3 Å². The number of piperazine rings is 1. The van der Waals surface area contributed by atoms with Crippen LogP contribution in [0.4, 0.5) is 5.69 Å². The SMILES string of the molecule is O=c1[nH]nc(CCCCCN2CCN(c3cccc(Cl)c3)CC2)n1CCOc1ccccc1. The van der Waals surface area contributed by atoms with E-state index in [0.717, 1.165) is 75.0 Å². The van der Waals surface area contributed by atoms with Crippen LogP contribution in [0, 0.1) is 0 Å². The summed E-state index contributed by atoms with van der Waals surface area (Å²) in [4.78, 5) is 17.0. The Morgan fingerprint density at radius 1 is 0.939 bits per heavy atom. The van der Waals surface area contributed by atoms with Crippen molar-refractivity contribution in [1.29, 1.82) is 0 Å². The molecule has 1 aromatic heterocycles. The summed E-state index contributed by atoms with van der Waals surface area (Å²) < 4.78 is 7.42. The number of ether oxygens (including phenoxy) is 1. The number of benzene rings is 2. The molecule has 0 unspecified atom stereocenters. The van der Waals surface area contributed by atoms with Crippen LogP contribution in [0.1, 0.15) is 25.1 Å². The molecule has 1 N–H and O–H groups in total. The summed E-state index contributed by atoms with van der Waals surface area (Å²) >= 11 is 6.13. The molecule has 0 atom stereocenters. The first kappa shape index (κ1) is 23.4. The number of unbranched alkanes of at least 4 members (excludes halogenated alkanes) is 2. The fourth-order valence-corrected chi connectivity index (χ4v) is 4.43. The standard InChI is InChI=1S/C25H32ClN5O2/c26-21-8-7-9-22(20-21)30-16-14-29(15-17-30)13-6-2-5-12-24-27-28-25(32)31(24)18-19-33-23-10-3-1-4-11-23/h1,3-4,7-11,20H,2,5-6,12-19H2,(H,28,32). The number of aromatic nitrogens is 3. The highest BCUT2D eigenvalue weighted by atomic mass is 35.5. The van der Waals surface area contributed by atoms with E-state index in [2.05, 4.69) is 26.1 Å². The van der Waals surface area contributed by atoms with Gasteiger partial charge in [-0.05, 0) is 49.7 Å². The quantitative estimate of drug-likeness (QED) is 0.432. The van der Waals surface area contributed by atoms with Crippen LogP contribution in [0.5, 0.6) is 5.75 Å². The Morgan fingerprint density at radius 3 is 2.55 bits per heavy atom. The Hall–Kier alpha value is -2.77. The van der Waals surface area contributed by atoms with Gasteiger partial charge >= 0.3 is 5.69 Å². The summed E-state index contributed by atoms with van der Waals surface area (Å²) in [6.07, 6.45) is 4.10. The lowest BCUT2D eigenvalue weighted by molar-refractivity contribution is 0.252. The second-order valence-electron chi connectivity index (χ2n) is 8.38. The Bertz CT molecular complexity index is 1040. The summed E-state index contributed by atoms with van der Waals surface area (Å²) in [6.45, 7) is 6.27. The number of hydrogen-bond donors (Lipinski definition) is 1. The van der Waals surface area contributed by atoms with Gasteiger partial charge in [-0.3, -0.25) is 9.47 Å². The fourth-order valence-electron chi connectivity index (χ4n) is 4.24. The Kier molecular flexibility index (Phi) is 8.44. The van der Waals surface area contributed by atoms with Gasteiger partial charge in [-0.2, -0.15) is 5.10 Å². The normalized spacial score (nSPS) is 14.5. The molecule has 1 aliphatic heterocycles. The van der Waals surface area contributed by atoms with E-state index in [-0.39, 0.29) is 5.69 Å². The minimum absolute atomic E-state index is 0.167. The zero-order chi connectivity index (χ0) is 22.9. The maximum absolute atomic E-state index is 12.1. The van der Waals surface area contributed by atoms with Crippen molar-refractivity contribution in [3.05, 3.63) is 75.9 Å². The predicted octanol–water partition coefficient (Wildman–Crippen LogP) is 3.84. The average molecular weight is 470 g/mol. The van der Waals surface area contributed by atoms with Gasteiger partial charge in [0.2, 0.25) is 0 Å². The summed E-state index contributed by atoms with van der Waals surface area (Å²) in [5.74, 6) is 1.62. The molecule has 0 spiro atoms. The molecule has 0 aliphatic carbocycles. The Balaban J connectivity index is 1.13. The zero-order valence-electron chi connectivity index (χ0n) is 19.0. The van der Waals surface area contributed by atoms with Crippen LogP contribution in [-0.2, 0) is 13.0 Å². The number of anilines is 1. The third-order valence-corrected chi connectivity index (χ3v) is 6.32. The molecule has 176 valence electrons. The van der Waals surface area contributed by atoms with Crippen molar-refractivity contribution in [3.8, 4) is 5.75 Å². The summed E-state index contributed by atoms with van der Waals surface area (Å²) in [5.41, 5.74) is 1.04. The zero-order valence-corrected chi connectivity index (χ0v) is 19.7. The number of para-hydroxylation sites is 1. The first-order valence-electron chi connectivity index (χ1n) is 11.7. The molecule has 2 heterocycles. The number of hydrogen-bond acceptors (Lipinski definition) is 5. The highest BCUT2D eigenvalue weighted by molar-refractivity contribution is 6.30. The van der Waals surface area contributed by atoms with Gasteiger partial charge in [0.1, 0.15) is 18.2 Å². The van der Waals surface area contributed by atoms with Gasteiger partial charge in [-0.15, -0.1) is 0 Å². The number of nitrogens with zero attached hydrogens (tertiary/aromatic N) is 4. The lowest BCUT2D eigenvalue weighted by Gasteiger charge is -2.36. The van der Waals surface area contributed by atoms with Crippen LogP contribution in [0.25, 0.3) is 0 Å². The van der Waals surface area contributed by atoms with Crippen LogP contribution < -0.4 is 15.3 Å². The predicted molar refractivity (Wildman–Crippen MR) is 132 cm³/mol. The van der Waals surface area contributed by atoms with Gasteiger partial charge < -0.3 is 9.64 Å². The van der Waals surface area contributed by atoms with Crippen molar-refractivity contribution in [3.63, 3.8) is 0 Å². The second-order valence-corrected chi connectivity index (χ2v) is 8.81. The molecule has 1 aliphatic rings. The maximum Gasteiger partial charge on any atom is 0.343 e. The van der Waals surface area contributed by atoms with Crippen molar-refractivity contribution in [2.75, 3.05) is 44.2 Å². The van der Waals surface area contributed by atoms with Gasteiger partial charge in [-0.25, -0.2) is 9.89 Å². The number of H-pyrrole nitrogens is 1. The van der Waals surface area contributed by atoms with Crippen LogP contribution in [0.2, 0.25) is 5.02 Å². The van der Waals surface area contributed by atoms with Crippen molar-refractivity contribution in [2.24, 2.45) is 0 Å². The monoisotopic (exact) mass is 469 g/mol. The van der Waals surface area contributed by atoms with Gasteiger partial charge in [0.25, 0.3) is 0 Å².